The minimum absolute atomic E-state index is 1.15. The molecule has 1 aromatic rings. The summed E-state index contributed by atoms with van der Waals surface area (Å²) in [5, 5.41) is 0. The Morgan fingerprint density at radius 2 is 1.64 bits per heavy atom. The lowest BCUT2D eigenvalue weighted by atomic mass is 10.2. The van der Waals surface area contributed by atoms with Gasteiger partial charge in [0.1, 0.15) is 0 Å². The lowest BCUT2D eigenvalue weighted by Crippen LogP contribution is -1.73. The van der Waals surface area contributed by atoms with E-state index in [0.717, 1.165) is 2.49 Å². The Balaban J connectivity index is 3.04. The summed E-state index contributed by atoms with van der Waals surface area (Å²) in [5.74, 6) is 0. The molecule has 0 heterocycles. The zero-order chi connectivity index (χ0) is 8.27. The van der Waals surface area contributed by atoms with Gasteiger partial charge in [-0.25, -0.2) is 0 Å². The van der Waals surface area contributed by atoms with E-state index in [-0.39, 0.29) is 0 Å². The number of hydrogen-bond donors (Lipinski definition) is 0. The molecule has 0 bridgehead atoms. The van der Waals surface area contributed by atoms with Crippen LogP contribution in [0.2, 0.25) is 0 Å². The molecule has 0 spiro atoms. The average molecular weight is 435 g/mol. The van der Waals surface area contributed by atoms with Crippen molar-refractivity contribution in [3.05, 3.63) is 38.4 Å². The van der Waals surface area contributed by atoms with Crippen LogP contribution in [-0.2, 0) is 0 Å². The van der Waals surface area contributed by atoms with Crippen LogP contribution in [0, 0.1) is 0 Å². The van der Waals surface area contributed by atoms with Crippen LogP contribution in [0.4, 0.5) is 0 Å². The molecule has 0 saturated heterocycles. The number of rotatable bonds is 1. The lowest BCUT2D eigenvalue weighted by Gasteiger charge is -1.97. The fourth-order valence-corrected chi connectivity index (χ4v) is 1.59. The first kappa shape index (κ1) is 9.98. The van der Waals surface area contributed by atoms with Gasteiger partial charge >= 0.3 is 0 Å². The second kappa shape index (κ2) is 4.81. The van der Waals surface area contributed by atoms with Gasteiger partial charge in [-0.1, -0.05) is 30.3 Å². The number of halogens is 3. The highest BCUT2D eigenvalue weighted by atomic mass is 127. The van der Waals surface area contributed by atoms with Gasteiger partial charge in [0.05, 0.1) is 2.49 Å². The van der Waals surface area contributed by atoms with E-state index >= 15 is 0 Å². The van der Waals surface area contributed by atoms with Crippen molar-refractivity contribution in [2.75, 3.05) is 0 Å². The highest BCUT2D eigenvalue weighted by Gasteiger charge is 1.98. The largest absolute Gasteiger partial charge is 0.0698 e. The molecule has 0 aliphatic rings. The Kier molecular flexibility index (Phi) is 4.37. The SMILES string of the molecule is Br/C(I)=C(\I)c1ccccc1. The van der Waals surface area contributed by atoms with Gasteiger partial charge in [0.15, 0.2) is 0 Å². The van der Waals surface area contributed by atoms with Gasteiger partial charge < -0.3 is 0 Å². The molecule has 0 aromatic heterocycles. The van der Waals surface area contributed by atoms with Crippen molar-refractivity contribution in [2.24, 2.45) is 0 Å². The maximum Gasteiger partial charge on any atom is 0.0698 e. The summed E-state index contributed by atoms with van der Waals surface area (Å²) in [4.78, 5) is 0. The van der Waals surface area contributed by atoms with Crippen molar-refractivity contribution in [1.29, 1.82) is 0 Å². The minimum Gasteiger partial charge on any atom is -0.0622 e. The van der Waals surface area contributed by atoms with Crippen molar-refractivity contribution >= 4 is 64.7 Å². The molecule has 0 aliphatic carbocycles. The van der Waals surface area contributed by atoms with Crippen LogP contribution in [0.15, 0.2) is 32.8 Å². The molecule has 0 fully saturated rings. The Morgan fingerprint density at radius 1 is 1.09 bits per heavy atom. The molecule has 58 valence electrons. The molecule has 0 saturated carbocycles. The third-order valence-corrected chi connectivity index (χ3v) is 5.06. The molecule has 0 N–H and O–H groups in total. The van der Waals surface area contributed by atoms with Gasteiger partial charge in [0.25, 0.3) is 0 Å². The number of benzene rings is 1. The van der Waals surface area contributed by atoms with E-state index in [0.29, 0.717) is 0 Å². The molecule has 0 amide bonds. The summed E-state index contributed by atoms with van der Waals surface area (Å²) in [5.41, 5.74) is 1.26. The van der Waals surface area contributed by atoms with Crippen LogP contribution < -0.4 is 0 Å². The van der Waals surface area contributed by atoms with Crippen LogP contribution in [0.3, 0.4) is 0 Å². The van der Waals surface area contributed by atoms with Crippen LogP contribution in [0.1, 0.15) is 5.56 Å². The lowest BCUT2D eigenvalue weighted by molar-refractivity contribution is 1.66. The normalized spacial score (nSPS) is 12.6. The Hall–Kier alpha value is 0.900. The first-order chi connectivity index (χ1) is 5.22. The highest BCUT2D eigenvalue weighted by Crippen LogP contribution is 2.32. The Morgan fingerprint density at radius 3 is 2.09 bits per heavy atom. The maximum atomic E-state index is 3.44. The van der Waals surface area contributed by atoms with Gasteiger partial charge in [0.2, 0.25) is 0 Å². The van der Waals surface area contributed by atoms with Crippen LogP contribution in [0.25, 0.3) is 3.58 Å². The molecule has 1 rings (SSSR count). The van der Waals surface area contributed by atoms with E-state index in [2.05, 4.69) is 73.2 Å². The Labute approximate surface area is 102 Å². The minimum atomic E-state index is 1.15. The fourth-order valence-electron chi connectivity index (χ4n) is 0.694. The topological polar surface area (TPSA) is 0 Å². The summed E-state index contributed by atoms with van der Waals surface area (Å²) in [7, 11) is 0. The second-order valence-corrected chi connectivity index (χ2v) is 6.37. The summed E-state index contributed by atoms with van der Waals surface area (Å²) in [6.45, 7) is 0. The molecule has 0 atom stereocenters. The van der Waals surface area contributed by atoms with E-state index in [9.17, 15) is 0 Å². The van der Waals surface area contributed by atoms with Crippen molar-refractivity contribution < 1.29 is 0 Å². The van der Waals surface area contributed by atoms with E-state index in [1.165, 1.54) is 9.14 Å². The quantitative estimate of drug-likeness (QED) is 0.568. The summed E-state index contributed by atoms with van der Waals surface area (Å²) < 4.78 is 2.41. The smallest absolute Gasteiger partial charge is 0.0622 e. The first-order valence-corrected chi connectivity index (χ1v) is 5.93. The summed E-state index contributed by atoms with van der Waals surface area (Å²) in [6.07, 6.45) is 0. The summed E-state index contributed by atoms with van der Waals surface area (Å²) >= 11 is 8.02. The van der Waals surface area contributed by atoms with E-state index in [4.69, 9.17) is 0 Å². The van der Waals surface area contributed by atoms with Crippen molar-refractivity contribution in [1.82, 2.24) is 0 Å². The molecule has 3 heteroatoms. The molecule has 0 radical (unpaired) electrons. The molecule has 0 unspecified atom stereocenters. The van der Waals surface area contributed by atoms with E-state index in [1.807, 2.05) is 18.2 Å². The van der Waals surface area contributed by atoms with Crippen molar-refractivity contribution in [2.45, 2.75) is 0 Å². The Bertz CT molecular complexity index is 263. The molecule has 1 aromatic carbocycles. The monoisotopic (exact) mass is 434 g/mol. The third-order valence-electron chi connectivity index (χ3n) is 1.19. The van der Waals surface area contributed by atoms with Crippen molar-refractivity contribution in [3.8, 4) is 0 Å². The fraction of sp³-hybridized carbons (Fsp3) is 0. The highest BCUT2D eigenvalue weighted by molar-refractivity contribution is 14.1. The van der Waals surface area contributed by atoms with E-state index < -0.39 is 0 Å². The van der Waals surface area contributed by atoms with Gasteiger partial charge in [-0.2, -0.15) is 0 Å². The standard InChI is InChI=1S/C8H5BrI2/c9-8(11)7(10)6-4-2-1-3-5-6/h1-5H/b8-7+. The first-order valence-electron chi connectivity index (χ1n) is 2.98. The maximum absolute atomic E-state index is 3.44. The molecule has 0 aliphatic heterocycles. The molecular formula is C8H5BrI2. The van der Waals surface area contributed by atoms with Crippen LogP contribution in [-0.4, -0.2) is 0 Å². The molecule has 11 heavy (non-hydrogen) atoms. The van der Waals surface area contributed by atoms with Gasteiger partial charge in [-0.3, -0.25) is 0 Å². The predicted octanol–water partition coefficient (Wildman–Crippen LogP) is 4.58. The third kappa shape index (κ3) is 3.02. The molecular weight excluding hydrogens is 430 g/mol. The van der Waals surface area contributed by atoms with Gasteiger partial charge in [-0.15, -0.1) is 0 Å². The molecule has 0 nitrogen and oxygen atoms in total. The van der Waals surface area contributed by atoms with Crippen LogP contribution in [0.5, 0.6) is 0 Å². The van der Waals surface area contributed by atoms with E-state index in [1.54, 1.807) is 0 Å². The van der Waals surface area contributed by atoms with Gasteiger partial charge in [-0.05, 0) is 66.7 Å². The van der Waals surface area contributed by atoms with Crippen molar-refractivity contribution in [3.63, 3.8) is 0 Å². The predicted molar refractivity (Wildman–Crippen MR) is 70.3 cm³/mol. The van der Waals surface area contributed by atoms with Crippen LogP contribution >= 0.6 is 61.1 Å². The number of hydrogen-bond acceptors (Lipinski definition) is 0. The summed E-state index contributed by atoms with van der Waals surface area (Å²) in [6, 6.07) is 10.3. The zero-order valence-electron chi connectivity index (χ0n) is 5.52. The van der Waals surface area contributed by atoms with Gasteiger partial charge in [0, 0.05) is 3.58 Å². The zero-order valence-corrected chi connectivity index (χ0v) is 11.4. The second-order valence-electron chi connectivity index (χ2n) is 1.94. The average Bonchev–Trinajstić information content (AvgIpc) is 2.05.